The fraction of sp³-hybridized carbons (Fsp3) is 0.214. The zero-order valence-corrected chi connectivity index (χ0v) is 12.3. The minimum atomic E-state index is -1.01. The number of nitrogens with zero attached hydrogens (tertiary/aromatic N) is 1. The Kier molecular flexibility index (Phi) is 4.32. The Bertz CT molecular complexity index is 682. The lowest BCUT2D eigenvalue weighted by molar-refractivity contribution is -0.120. The first kappa shape index (κ1) is 15.1. The number of primary amides is 1. The van der Waals surface area contributed by atoms with Gasteiger partial charge in [0.1, 0.15) is 16.7 Å². The second-order valence-electron chi connectivity index (χ2n) is 4.51. The van der Waals surface area contributed by atoms with Gasteiger partial charge in [0.25, 0.3) is 5.91 Å². The van der Waals surface area contributed by atoms with Crippen molar-refractivity contribution < 1.29 is 14.0 Å². The largest absolute Gasteiger partial charge is 0.368 e. The first-order valence-electron chi connectivity index (χ1n) is 6.18. The summed E-state index contributed by atoms with van der Waals surface area (Å²) in [5.74, 6) is -1.57. The van der Waals surface area contributed by atoms with E-state index >= 15 is 0 Å². The highest BCUT2D eigenvalue weighted by molar-refractivity contribution is 7.13. The number of hydrogen-bond acceptors (Lipinski definition) is 4. The summed E-state index contributed by atoms with van der Waals surface area (Å²) in [5.41, 5.74) is 6.34. The molecule has 1 heterocycles. The third kappa shape index (κ3) is 3.43. The molecule has 21 heavy (non-hydrogen) atoms. The smallest absolute Gasteiger partial charge is 0.264 e. The molecule has 0 saturated carbocycles. The molecule has 1 aromatic carbocycles. The van der Waals surface area contributed by atoms with E-state index in [4.69, 9.17) is 5.73 Å². The van der Waals surface area contributed by atoms with Gasteiger partial charge in [-0.15, -0.1) is 11.3 Å². The molecular formula is C14H14FN3O2S. The lowest BCUT2D eigenvalue weighted by Crippen LogP contribution is -2.37. The number of halogens is 1. The number of hydrogen-bond donors (Lipinski definition) is 2. The molecule has 0 fully saturated rings. The summed E-state index contributed by atoms with van der Waals surface area (Å²) in [5, 5.41) is 3.32. The van der Waals surface area contributed by atoms with Gasteiger partial charge in [0, 0.05) is 0 Å². The Labute approximate surface area is 125 Å². The molecule has 2 aromatic rings. The van der Waals surface area contributed by atoms with Crippen LogP contribution in [0.1, 0.15) is 32.0 Å². The summed E-state index contributed by atoms with van der Waals surface area (Å²) in [4.78, 5) is 28.3. The Morgan fingerprint density at radius 3 is 2.38 bits per heavy atom. The van der Waals surface area contributed by atoms with Gasteiger partial charge in [0.2, 0.25) is 5.91 Å². The van der Waals surface area contributed by atoms with Crippen LogP contribution in [0.2, 0.25) is 0 Å². The molecular weight excluding hydrogens is 293 g/mol. The normalized spacial score (nSPS) is 12.0. The highest BCUT2D eigenvalue weighted by Gasteiger charge is 2.23. The molecule has 0 spiro atoms. The summed E-state index contributed by atoms with van der Waals surface area (Å²) in [6, 6.07) is 4.23. The molecule has 2 rings (SSSR count). The van der Waals surface area contributed by atoms with Gasteiger partial charge in [0.05, 0.1) is 10.7 Å². The number of nitrogens with two attached hydrogens (primary N) is 1. The molecule has 0 aliphatic rings. The van der Waals surface area contributed by atoms with Crippen LogP contribution < -0.4 is 11.1 Å². The number of aryl methyl sites for hydroxylation is 2. The molecule has 0 bridgehead atoms. The fourth-order valence-electron chi connectivity index (χ4n) is 1.91. The minimum absolute atomic E-state index is 0.425. The lowest BCUT2D eigenvalue weighted by atomic mass is 10.1. The number of benzene rings is 1. The molecule has 0 aliphatic carbocycles. The van der Waals surface area contributed by atoms with Crippen molar-refractivity contribution in [1.82, 2.24) is 10.3 Å². The first-order valence-corrected chi connectivity index (χ1v) is 7.00. The Morgan fingerprint density at radius 2 is 1.90 bits per heavy atom. The number of aromatic nitrogens is 1. The fourth-order valence-corrected chi connectivity index (χ4v) is 2.74. The summed E-state index contributed by atoms with van der Waals surface area (Å²) >= 11 is 1.24. The minimum Gasteiger partial charge on any atom is -0.368 e. The summed E-state index contributed by atoms with van der Waals surface area (Å²) < 4.78 is 12.9. The van der Waals surface area contributed by atoms with E-state index in [1.54, 1.807) is 13.8 Å². The van der Waals surface area contributed by atoms with Crippen LogP contribution in [0.5, 0.6) is 0 Å². The van der Waals surface area contributed by atoms with Crippen LogP contribution in [0, 0.1) is 19.7 Å². The van der Waals surface area contributed by atoms with Crippen LogP contribution in [0.25, 0.3) is 0 Å². The van der Waals surface area contributed by atoms with Crippen molar-refractivity contribution in [3.05, 3.63) is 51.2 Å². The molecule has 0 aliphatic heterocycles. The van der Waals surface area contributed by atoms with Crippen LogP contribution >= 0.6 is 11.3 Å². The molecule has 1 aromatic heterocycles. The molecule has 0 radical (unpaired) electrons. The van der Waals surface area contributed by atoms with Crippen LogP contribution in [-0.4, -0.2) is 16.8 Å². The van der Waals surface area contributed by atoms with E-state index in [2.05, 4.69) is 10.3 Å². The molecule has 1 atom stereocenters. The predicted octanol–water partition coefficient (Wildman–Crippen LogP) is 1.86. The van der Waals surface area contributed by atoms with Crippen LogP contribution in [0.4, 0.5) is 4.39 Å². The maximum atomic E-state index is 12.9. The summed E-state index contributed by atoms with van der Waals surface area (Å²) in [6.45, 7) is 3.51. The number of carbonyl (C=O) groups excluding carboxylic acids is 2. The molecule has 0 unspecified atom stereocenters. The van der Waals surface area contributed by atoms with Crippen molar-refractivity contribution >= 4 is 23.2 Å². The Morgan fingerprint density at radius 1 is 1.29 bits per heavy atom. The number of carbonyl (C=O) groups is 2. The van der Waals surface area contributed by atoms with Gasteiger partial charge in [-0.25, -0.2) is 9.37 Å². The van der Waals surface area contributed by atoms with Crippen molar-refractivity contribution in [2.45, 2.75) is 19.9 Å². The topological polar surface area (TPSA) is 85.1 Å². The molecule has 110 valence electrons. The van der Waals surface area contributed by atoms with E-state index in [-0.39, 0.29) is 0 Å². The maximum absolute atomic E-state index is 12.9. The van der Waals surface area contributed by atoms with Crippen LogP contribution in [0.15, 0.2) is 24.3 Å². The number of nitrogens with one attached hydrogen (secondary N) is 1. The SMILES string of the molecule is Cc1nc(C)c(C(=O)N[C@H](C(N)=O)c2ccc(F)cc2)s1. The first-order chi connectivity index (χ1) is 9.88. The zero-order valence-electron chi connectivity index (χ0n) is 11.5. The average Bonchev–Trinajstić information content (AvgIpc) is 2.76. The molecule has 5 nitrogen and oxygen atoms in total. The average molecular weight is 307 g/mol. The van der Waals surface area contributed by atoms with Gasteiger partial charge in [0.15, 0.2) is 0 Å². The van der Waals surface area contributed by atoms with Crippen LogP contribution in [-0.2, 0) is 4.79 Å². The van der Waals surface area contributed by atoms with Crippen molar-refractivity contribution in [3.8, 4) is 0 Å². The second-order valence-corrected chi connectivity index (χ2v) is 5.71. The van der Waals surface area contributed by atoms with E-state index in [0.717, 1.165) is 5.01 Å². The highest BCUT2D eigenvalue weighted by Crippen LogP contribution is 2.19. The molecule has 0 saturated heterocycles. The third-order valence-electron chi connectivity index (χ3n) is 2.87. The summed E-state index contributed by atoms with van der Waals surface area (Å²) in [6.07, 6.45) is 0. The lowest BCUT2D eigenvalue weighted by Gasteiger charge is -2.15. The van der Waals surface area contributed by atoms with E-state index in [9.17, 15) is 14.0 Å². The molecule has 7 heteroatoms. The van der Waals surface area contributed by atoms with Gasteiger partial charge >= 0.3 is 0 Å². The van der Waals surface area contributed by atoms with Crippen LogP contribution in [0.3, 0.4) is 0 Å². The number of rotatable bonds is 4. The quantitative estimate of drug-likeness (QED) is 0.904. The van der Waals surface area contributed by atoms with E-state index < -0.39 is 23.7 Å². The molecule has 2 amide bonds. The predicted molar refractivity (Wildman–Crippen MR) is 77.4 cm³/mol. The standard InChI is InChI=1S/C14H14FN3O2S/c1-7-12(21-8(2)17-7)14(20)18-11(13(16)19)9-3-5-10(15)6-4-9/h3-6,11H,1-2H3,(H2,16,19)(H,18,20)/t11-/m0/s1. The van der Waals surface area contributed by atoms with Crippen molar-refractivity contribution in [1.29, 1.82) is 0 Å². The van der Waals surface area contributed by atoms with Crippen molar-refractivity contribution in [3.63, 3.8) is 0 Å². The summed E-state index contributed by atoms with van der Waals surface area (Å²) in [7, 11) is 0. The Balaban J connectivity index is 2.24. The van der Waals surface area contributed by atoms with Gasteiger partial charge in [-0.1, -0.05) is 12.1 Å². The van der Waals surface area contributed by atoms with E-state index in [0.29, 0.717) is 16.1 Å². The monoisotopic (exact) mass is 307 g/mol. The van der Waals surface area contributed by atoms with E-state index in [1.807, 2.05) is 0 Å². The highest BCUT2D eigenvalue weighted by atomic mass is 32.1. The molecule has 3 N–H and O–H groups in total. The van der Waals surface area contributed by atoms with Gasteiger partial charge < -0.3 is 11.1 Å². The van der Waals surface area contributed by atoms with Gasteiger partial charge in [-0.2, -0.15) is 0 Å². The van der Waals surface area contributed by atoms with Gasteiger partial charge in [-0.3, -0.25) is 9.59 Å². The van der Waals surface area contributed by atoms with Crippen molar-refractivity contribution in [2.24, 2.45) is 5.73 Å². The van der Waals surface area contributed by atoms with E-state index in [1.165, 1.54) is 35.6 Å². The van der Waals surface area contributed by atoms with Crippen molar-refractivity contribution in [2.75, 3.05) is 0 Å². The third-order valence-corrected chi connectivity index (χ3v) is 3.94. The van der Waals surface area contributed by atoms with Gasteiger partial charge in [-0.05, 0) is 31.5 Å². The maximum Gasteiger partial charge on any atom is 0.264 e. The zero-order chi connectivity index (χ0) is 15.6. The number of amides is 2. The Hall–Kier alpha value is -2.28. The number of thiazole rings is 1. The second kappa shape index (κ2) is 6.01.